The standard InChI is InChI=1S/C12H16F3N3S/c1-8-7-18(3-4-19-8)11-6-9(12(13,14)15)5-10(16-2)17-11/h5-6,8H,3-4,7H2,1-2H3,(H,16,17). The lowest BCUT2D eigenvalue weighted by molar-refractivity contribution is -0.137. The zero-order valence-corrected chi connectivity index (χ0v) is 11.6. The number of alkyl halides is 3. The molecule has 0 bridgehead atoms. The van der Waals surface area contributed by atoms with E-state index in [1.54, 1.807) is 7.05 Å². The van der Waals surface area contributed by atoms with Gasteiger partial charge in [0.15, 0.2) is 0 Å². The Labute approximate surface area is 114 Å². The summed E-state index contributed by atoms with van der Waals surface area (Å²) < 4.78 is 38.5. The van der Waals surface area contributed by atoms with Gasteiger partial charge in [0.25, 0.3) is 0 Å². The second kappa shape index (κ2) is 5.48. The molecule has 1 atom stereocenters. The van der Waals surface area contributed by atoms with Crippen LogP contribution in [0.5, 0.6) is 0 Å². The molecule has 1 N–H and O–H groups in total. The molecule has 0 aromatic carbocycles. The van der Waals surface area contributed by atoms with Crippen LogP contribution in [0.3, 0.4) is 0 Å². The number of thioether (sulfide) groups is 1. The van der Waals surface area contributed by atoms with Gasteiger partial charge in [0.1, 0.15) is 11.6 Å². The second-order valence-corrected chi connectivity index (χ2v) is 6.02. The van der Waals surface area contributed by atoms with Crippen LogP contribution in [0, 0.1) is 0 Å². The zero-order valence-electron chi connectivity index (χ0n) is 10.8. The number of hydrogen-bond acceptors (Lipinski definition) is 4. The van der Waals surface area contributed by atoms with Crippen molar-refractivity contribution in [2.75, 3.05) is 36.1 Å². The number of hydrogen-bond donors (Lipinski definition) is 1. The molecular formula is C12H16F3N3S. The summed E-state index contributed by atoms with van der Waals surface area (Å²) in [5, 5.41) is 3.09. The quantitative estimate of drug-likeness (QED) is 0.906. The Morgan fingerprint density at radius 1 is 1.42 bits per heavy atom. The van der Waals surface area contributed by atoms with Crippen molar-refractivity contribution in [3.05, 3.63) is 17.7 Å². The summed E-state index contributed by atoms with van der Waals surface area (Å²) in [5.74, 6) is 1.55. The Morgan fingerprint density at radius 2 is 2.16 bits per heavy atom. The van der Waals surface area contributed by atoms with E-state index in [0.29, 0.717) is 11.1 Å². The van der Waals surface area contributed by atoms with Crippen molar-refractivity contribution in [1.29, 1.82) is 0 Å². The normalized spacial score (nSPS) is 20.5. The summed E-state index contributed by atoms with van der Waals surface area (Å²) in [7, 11) is 1.57. The van der Waals surface area contributed by atoms with Crippen molar-refractivity contribution < 1.29 is 13.2 Å². The van der Waals surface area contributed by atoms with Gasteiger partial charge in [0, 0.05) is 31.1 Å². The van der Waals surface area contributed by atoms with Crippen molar-refractivity contribution >= 4 is 23.4 Å². The van der Waals surface area contributed by atoms with Crippen LogP contribution in [0.15, 0.2) is 12.1 Å². The molecular weight excluding hydrogens is 275 g/mol. The summed E-state index contributed by atoms with van der Waals surface area (Å²) in [5.41, 5.74) is -0.660. The molecule has 0 aliphatic carbocycles. The molecule has 2 rings (SSSR count). The topological polar surface area (TPSA) is 28.2 Å². The van der Waals surface area contributed by atoms with Gasteiger partial charge in [0.05, 0.1) is 5.56 Å². The fourth-order valence-corrected chi connectivity index (χ4v) is 3.01. The molecule has 1 aromatic heterocycles. The van der Waals surface area contributed by atoms with Gasteiger partial charge < -0.3 is 10.2 Å². The minimum atomic E-state index is -4.35. The molecule has 0 amide bonds. The largest absolute Gasteiger partial charge is 0.416 e. The number of anilines is 2. The van der Waals surface area contributed by atoms with Crippen molar-refractivity contribution in [2.45, 2.75) is 18.3 Å². The summed E-state index contributed by atoms with van der Waals surface area (Å²) >= 11 is 1.83. The first-order valence-corrected chi connectivity index (χ1v) is 7.08. The smallest absolute Gasteiger partial charge is 0.373 e. The van der Waals surface area contributed by atoms with Crippen LogP contribution >= 0.6 is 11.8 Å². The minimum absolute atomic E-state index is 0.246. The van der Waals surface area contributed by atoms with E-state index in [4.69, 9.17) is 0 Å². The molecule has 1 aliphatic heterocycles. The third-order valence-corrected chi connectivity index (χ3v) is 4.10. The van der Waals surface area contributed by atoms with Crippen LogP contribution in [-0.2, 0) is 6.18 Å². The summed E-state index contributed by atoms with van der Waals surface area (Å²) in [6.07, 6.45) is -4.35. The van der Waals surface area contributed by atoms with Crippen LogP contribution < -0.4 is 10.2 Å². The van der Waals surface area contributed by atoms with E-state index in [1.165, 1.54) is 0 Å². The molecule has 1 fully saturated rings. The van der Waals surface area contributed by atoms with E-state index in [1.807, 2.05) is 16.7 Å². The molecule has 0 spiro atoms. The Morgan fingerprint density at radius 3 is 2.74 bits per heavy atom. The second-order valence-electron chi connectivity index (χ2n) is 4.47. The average molecular weight is 291 g/mol. The molecule has 19 heavy (non-hydrogen) atoms. The SMILES string of the molecule is CNc1cc(C(F)(F)F)cc(N2CCSC(C)C2)n1. The van der Waals surface area contributed by atoms with Gasteiger partial charge in [-0.15, -0.1) is 0 Å². The van der Waals surface area contributed by atoms with Crippen molar-refractivity contribution in [3.8, 4) is 0 Å². The van der Waals surface area contributed by atoms with E-state index >= 15 is 0 Å². The molecule has 1 aliphatic rings. The number of nitrogens with one attached hydrogen (secondary N) is 1. The molecule has 1 unspecified atom stereocenters. The lowest BCUT2D eigenvalue weighted by Crippen LogP contribution is -2.37. The molecule has 1 saturated heterocycles. The maximum atomic E-state index is 12.8. The van der Waals surface area contributed by atoms with Gasteiger partial charge >= 0.3 is 6.18 Å². The van der Waals surface area contributed by atoms with Gasteiger partial charge in [-0.05, 0) is 12.1 Å². The molecule has 7 heteroatoms. The number of rotatable bonds is 2. The van der Waals surface area contributed by atoms with Crippen LogP contribution in [-0.4, -0.2) is 36.1 Å². The average Bonchev–Trinajstić information content (AvgIpc) is 2.37. The number of nitrogens with zero attached hydrogens (tertiary/aromatic N) is 2. The fraction of sp³-hybridized carbons (Fsp3) is 0.583. The van der Waals surface area contributed by atoms with Gasteiger partial charge in [-0.25, -0.2) is 4.98 Å². The van der Waals surface area contributed by atoms with E-state index < -0.39 is 11.7 Å². The molecule has 1 aromatic rings. The highest BCUT2D eigenvalue weighted by Gasteiger charge is 2.32. The van der Waals surface area contributed by atoms with Gasteiger partial charge in [-0.1, -0.05) is 6.92 Å². The Bertz CT molecular complexity index is 450. The van der Waals surface area contributed by atoms with Crippen LogP contribution in [0.2, 0.25) is 0 Å². The van der Waals surface area contributed by atoms with E-state index in [2.05, 4.69) is 17.2 Å². The van der Waals surface area contributed by atoms with E-state index in [9.17, 15) is 13.2 Å². The summed E-state index contributed by atoms with van der Waals surface area (Å²) in [6, 6.07) is 2.16. The maximum absolute atomic E-state index is 12.8. The van der Waals surface area contributed by atoms with E-state index in [-0.39, 0.29) is 5.82 Å². The summed E-state index contributed by atoms with van der Waals surface area (Å²) in [6.45, 7) is 3.53. The lowest BCUT2D eigenvalue weighted by Gasteiger charge is -2.32. The Hall–Kier alpha value is -1.11. The number of halogens is 3. The third kappa shape index (κ3) is 3.46. The van der Waals surface area contributed by atoms with Crippen LogP contribution in [0.25, 0.3) is 0 Å². The Balaban J connectivity index is 2.34. The number of aromatic nitrogens is 1. The first-order chi connectivity index (χ1) is 8.90. The van der Waals surface area contributed by atoms with Crippen LogP contribution in [0.1, 0.15) is 12.5 Å². The molecule has 0 saturated carbocycles. The van der Waals surface area contributed by atoms with Crippen molar-refractivity contribution in [2.24, 2.45) is 0 Å². The minimum Gasteiger partial charge on any atom is -0.373 e. The van der Waals surface area contributed by atoms with Gasteiger partial charge in [-0.2, -0.15) is 24.9 Å². The predicted octanol–water partition coefficient (Wildman–Crippen LogP) is 3.08. The number of pyridine rings is 1. The predicted molar refractivity (Wildman–Crippen MR) is 72.9 cm³/mol. The monoisotopic (exact) mass is 291 g/mol. The Kier molecular flexibility index (Phi) is 4.13. The lowest BCUT2D eigenvalue weighted by atomic mass is 10.2. The first-order valence-electron chi connectivity index (χ1n) is 6.03. The first kappa shape index (κ1) is 14.3. The molecule has 0 radical (unpaired) electrons. The maximum Gasteiger partial charge on any atom is 0.416 e. The third-order valence-electron chi connectivity index (χ3n) is 2.96. The van der Waals surface area contributed by atoms with Crippen LogP contribution in [0.4, 0.5) is 24.8 Å². The van der Waals surface area contributed by atoms with Crippen molar-refractivity contribution in [3.63, 3.8) is 0 Å². The molecule has 2 heterocycles. The highest BCUT2D eigenvalue weighted by Crippen LogP contribution is 2.33. The van der Waals surface area contributed by atoms with Gasteiger partial charge in [0.2, 0.25) is 0 Å². The van der Waals surface area contributed by atoms with E-state index in [0.717, 1.165) is 31.0 Å². The van der Waals surface area contributed by atoms with Gasteiger partial charge in [-0.3, -0.25) is 0 Å². The highest BCUT2D eigenvalue weighted by molar-refractivity contribution is 8.00. The zero-order chi connectivity index (χ0) is 14.0. The van der Waals surface area contributed by atoms with Crippen molar-refractivity contribution in [1.82, 2.24) is 4.98 Å². The summed E-state index contributed by atoms with van der Waals surface area (Å²) in [4.78, 5) is 6.14. The molecule has 3 nitrogen and oxygen atoms in total. The fourth-order valence-electron chi connectivity index (χ4n) is 2.00. The highest BCUT2D eigenvalue weighted by atomic mass is 32.2. The molecule has 106 valence electrons.